The van der Waals surface area contributed by atoms with Crippen molar-refractivity contribution in [3.63, 3.8) is 0 Å². The first-order chi connectivity index (χ1) is 14.9. The van der Waals surface area contributed by atoms with Gasteiger partial charge in [-0.15, -0.1) is 10.2 Å². The van der Waals surface area contributed by atoms with Crippen LogP contribution in [0.25, 0.3) is 17.1 Å². The zero-order valence-corrected chi connectivity index (χ0v) is 18.1. The summed E-state index contributed by atoms with van der Waals surface area (Å²) in [6.45, 7) is 3.75. The third-order valence-corrected chi connectivity index (χ3v) is 6.33. The van der Waals surface area contributed by atoms with Gasteiger partial charge >= 0.3 is 0 Å². The van der Waals surface area contributed by atoms with Crippen LogP contribution in [0.15, 0.2) is 53.7 Å². The van der Waals surface area contributed by atoms with Crippen LogP contribution in [0, 0.1) is 30.0 Å². The van der Waals surface area contributed by atoms with E-state index in [2.05, 4.69) is 21.6 Å². The molecule has 1 unspecified atom stereocenters. The number of nitrogens with one attached hydrogen (secondary N) is 1. The second-order valence-corrected chi connectivity index (χ2v) is 8.82. The van der Waals surface area contributed by atoms with Crippen molar-refractivity contribution in [2.24, 2.45) is 5.92 Å². The van der Waals surface area contributed by atoms with Crippen LogP contribution >= 0.6 is 11.8 Å². The summed E-state index contributed by atoms with van der Waals surface area (Å²) < 4.78 is 16.2. The fourth-order valence-corrected chi connectivity index (χ4v) is 4.20. The third-order valence-electron chi connectivity index (χ3n) is 5.40. The van der Waals surface area contributed by atoms with E-state index in [4.69, 9.17) is 0 Å². The molecule has 1 saturated carbocycles. The van der Waals surface area contributed by atoms with E-state index in [0.717, 1.165) is 24.1 Å². The zero-order valence-electron chi connectivity index (χ0n) is 17.3. The molecular weight excluding hydrogens is 413 g/mol. The van der Waals surface area contributed by atoms with Gasteiger partial charge in [0.15, 0.2) is 11.0 Å². The predicted molar refractivity (Wildman–Crippen MR) is 117 cm³/mol. The Bertz CT molecular complexity index is 1150. The first-order valence-corrected chi connectivity index (χ1v) is 11.0. The van der Waals surface area contributed by atoms with Crippen LogP contribution < -0.4 is 5.32 Å². The molecule has 0 spiro atoms. The number of thioether (sulfide) groups is 1. The lowest BCUT2D eigenvalue weighted by Gasteiger charge is -2.22. The molecule has 2 aromatic carbocycles. The number of nitrogens with zero attached hydrogens (tertiary/aromatic N) is 4. The first kappa shape index (κ1) is 21.1. The molecule has 1 heterocycles. The van der Waals surface area contributed by atoms with Gasteiger partial charge in [0.2, 0.25) is 5.91 Å². The normalized spacial score (nSPS) is 15.2. The summed E-state index contributed by atoms with van der Waals surface area (Å²) in [5, 5.41) is 21.2. The van der Waals surface area contributed by atoms with Gasteiger partial charge in [-0.3, -0.25) is 9.36 Å². The summed E-state index contributed by atoms with van der Waals surface area (Å²) in [6, 6.07) is 16.4. The first-order valence-electron chi connectivity index (χ1n) is 10.0. The Morgan fingerprint density at radius 3 is 2.61 bits per heavy atom. The molecule has 6 nitrogen and oxygen atoms in total. The predicted octanol–water partition coefficient (Wildman–Crippen LogP) is 4.28. The molecule has 1 amide bonds. The average molecular weight is 436 g/mol. The molecule has 0 bridgehead atoms. The topological polar surface area (TPSA) is 83.6 Å². The summed E-state index contributed by atoms with van der Waals surface area (Å²) >= 11 is 1.20. The number of halogens is 1. The second-order valence-electron chi connectivity index (χ2n) is 7.88. The number of hydrogen-bond acceptors (Lipinski definition) is 5. The number of nitriles is 1. The number of aryl methyl sites for hydroxylation is 1. The fraction of sp³-hybridized carbons (Fsp3) is 0.304. The zero-order chi connectivity index (χ0) is 22.0. The molecule has 0 saturated heterocycles. The van der Waals surface area contributed by atoms with Crippen molar-refractivity contribution in [3.05, 3.63) is 59.9 Å². The molecule has 0 aliphatic heterocycles. The highest BCUT2D eigenvalue weighted by molar-refractivity contribution is 7.99. The fourth-order valence-electron chi connectivity index (χ4n) is 3.44. The minimum Gasteiger partial charge on any atom is -0.337 e. The van der Waals surface area contributed by atoms with Gasteiger partial charge in [-0.2, -0.15) is 5.26 Å². The van der Waals surface area contributed by atoms with Crippen LogP contribution in [-0.2, 0) is 4.79 Å². The van der Waals surface area contributed by atoms with Crippen molar-refractivity contribution in [1.29, 1.82) is 5.26 Å². The van der Waals surface area contributed by atoms with Crippen LogP contribution in [0.1, 0.15) is 25.3 Å². The molecule has 4 rings (SSSR count). The van der Waals surface area contributed by atoms with E-state index in [-0.39, 0.29) is 17.6 Å². The van der Waals surface area contributed by atoms with Gasteiger partial charge in [-0.05, 0) is 56.9 Å². The molecule has 158 valence electrons. The van der Waals surface area contributed by atoms with Gasteiger partial charge in [-0.1, -0.05) is 41.6 Å². The summed E-state index contributed by atoms with van der Waals surface area (Å²) in [6.07, 6.45) is 1.90. The van der Waals surface area contributed by atoms with Crippen LogP contribution in [0.3, 0.4) is 0 Å². The molecule has 1 aromatic heterocycles. The van der Waals surface area contributed by atoms with Crippen molar-refractivity contribution >= 4 is 17.7 Å². The molecule has 1 fully saturated rings. The Morgan fingerprint density at radius 2 is 1.97 bits per heavy atom. The molecule has 1 aliphatic carbocycles. The molecule has 1 atom stereocenters. The Morgan fingerprint density at radius 1 is 1.26 bits per heavy atom. The standard InChI is InChI=1S/C23H22FN5OS/c1-15-7-11-17(12-8-15)29-21(18-5-3-4-6-19(18)24)27-28-22(29)31-13-20(30)26-23(2,14-25)16-9-10-16/h3-8,11-12,16H,9-10,13H2,1-2H3,(H,26,30). The summed E-state index contributed by atoms with van der Waals surface area (Å²) in [4.78, 5) is 12.5. The minimum atomic E-state index is -0.847. The van der Waals surface area contributed by atoms with E-state index in [1.807, 2.05) is 31.2 Å². The van der Waals surface area contributed by atoms with Gasteiger partial charge in [0, 0.05) is 5.69 Å². The Balaban J connectivity index is 1.62. The highest BCUT2D eigenvalue weighted by Gasteiger charge is 2.43. The Labute approximate surface area is 184 Å². The third kappa shape index (κ3) is 4.47. The van der Waals surface area contributed by atoms with E-state index in [0.29, 0.717) is 16.5 Å². The largest absolute Gasteiger partial charge is 0.337 e. The molecule has 3 aromatic rings. The van der Waals surface area contributed by atoms with Gasteiger partial charge in [0.05, 0.1) is 17.4 Å². The molecule has 31 heavy (non-hydrogen) atoms. The van der Waals surface area contributed by atoms with Crippen molar-refractivity contribution < 1.29 is 9.18 Å². The van der Waals surface area contributed by atoms with Crippen LogP contribution in [-0.4, -0.2) is 32.0 Å². The number of aromatic nitrogens is 3. The smallest absolute Gasteiger partial charge is 0.231 e. The molecule has 8 heteroatoms. The van der Waals surface area contributed by atoms with Crippen molar-refractivity contribution in [1.82, 2.24) is 20.1 Å². The van der Waals surface area contributed by atoms with Gasteiger partial charge in [0.1, 0.15) is 11.4 Å². The number of rotatable bonds is 7. The van der Waals surface area contributed by atoms with E-state index in [1.165, 1.54) is 17.8 Å². The highest BCUT2D eigenvalue weighted by atomic mass is 32.2. The van der Waals surface area contributed by atoms with Crippen LogP contribution in [0.2, 0.25) is 0 Å². The maximum atomic E-state index is 14.5. The van der Waals surface area contributed by atoms with E-state index < -0.39 is 11.4 Å². The SMILES string of the molecule is Cc1ccc(-n2c(SCC(=O)NC(C)(C#N)C3CC3)nnc2-c2ccccc2F)cc1. The lowest BCUT2D eigenvalue weighted by atomic mass is 9.98. The van der Waals surface area contributed by atoms with Gasteiger partial charge < -0.3 is 5.32 Å². The summed E-state index contributed by atoms with van der Waals surface area (Å²) in [5.74, 6) is 0.00396. The monoisotopic (exact) mass is 435 g/mol. The number of benzene rings is 2. The number of carbonyl (C=O) groups excluding carboxylic acids is 1. The molecular formula is C23H22FN5OS. The van der Waals surface area contributed by atoms with Crippen molar-refractivity contribution in [2.45, 2.75) is 37.4 Å². The second kappa shape index (κ2) is 8.52. The molecule has 1 N–H and O–H groups in total. The van der Waals surface area contributed by atoms with E-state index in [1.54, 1.807) is 29.7 Å². The highest BCUT2D eigenvalue weighted by Crippen LogP contribution is 2.39. The average Bonchev–Trinajstić information content (AvgIpc) is 3.54. The quantitative estimate of drug-likeness (QED) is 0.560. The maximum Gasteiger partial charge on any atom is 0.231 e. The van der Waals surface area contributed by atoms with E-state index in [9.17, 15) is 14.4 Å². The van der Waals surface area contributed by atoms with E-state index >= 15 is 0 Å². The van der Waals surface area contributed by atoms with Crippen LogP contribution in [0.5, 0.6) is 0 Å². The van der Waals surface area contributed by atoms with Crippen LogP contribution in [0.4, 0.5) is 4.39 Å². The lowest BCUT2D eigenvalue weighted by Crippen LogP contribution is -2.47. The van der Waals surface area contributed by atoms with Crippen molar-refractivity contribution in [2.75, 3.05) is 5.75 Å². The van der Waals surface area contributed by atoms with Gasteiger partial charge in [-0.25, -0.2) is 4.39 Å². The summed E-state index contributed by atoms with van der Waals surface area (Å²) in [7, 11) is 0. The number of hydrogen-bond donors (Lipinski definition) is 1. The van der Waals surface area contributed by atoms with Crippen molar-refractivity contribution in [3.8, 4) is 23.1 Å². The lowest BCUT2D eigenvalue weighted by molar-refractivity contribution is -0.119. The summed E-state index contributed by atoms with van der Waals surface area (Å²) in [5.41, 5.74) is 1.35. The Hall–Kier alpha value is -3.18. The number of amides is 1. The minimum absolute atomic E-state index is 0.0747. The molecule has 0 radical (unpaired) electrons. The van der Waals surface area contributed by atoms with Gasteiger partial charge in [0.25, 0.3) is 0 Å². The maximum absolute atomic E-state index is 14.5. The number of carbonyl (C=O) groups is 1. The Kier molecular flexibility index (Phi) is 5.79. The molecule has 1 aliphatic rings.